The van der Waals surface area contributed by atoms with Gasteiger partial charge in [-0.05, 0) is 44.9 Å². The standard InChI is InChI=1S/C16H25ClN2O/c1-11-5-4-6-12(2)19(11)15(10-18)14-9-13(17)7-8-16(14)20-3/h7-9,11-12,15H,4-6,10,18H2,1-3H3. The molecule has 1 heterocycles. The molecule has 1 aliphatic rings. The second-order valence-corrected chi connectivity index (χ2v) is 6.15. The zero-order chi connectivity index (χ0) is 14.7. The molecule has 0 aliphatic carbocycles. The summed E-state index contributed by atoms with van der Waals surface area (Å²) in [5.41, 5.74) is 7.19. The van der Waals surface area contributed by atoms with Gasteiger partial charge < -0.3 is 10.5 Å². The predicted octanol–water partition coefficient (Wildman–Crippen LogP) is 3.61. The summed E-state index contributed by atoms with van der Waals surface area (Å²) in [6, 6.07) is 7.02. The molecular weight excluding hydrogens is 272 g/mol. The molecule has 0 spiro atoms. The van der Waals surface area contributed by atoms with Gasteiger partial charge in [0.1, 0.15) is 5.75 Å². The molecule has 2 rings (SSSR count). The lowest BCUT2D eigenvalue weighted by atomic mass is 9.92. The van der Waals surface area contributed by atoms with Crippen molar-refractivity contribution in [2.45, 2.75) is 51.2 Å². The molecule has 1 saturated heterocycles. The SMILES string of the molecule is COc1ccc(Cl)cc1C(CN)N1C(C)CCCC1C. The molecule has 1 aromatic rings. The minimum absolute atomic E-state index is 0.161. The minimum atomic E-state index is 0.161. The van der Waals surface area contributed by atoms with E-state index < -0.39 is 0 Å². The highest BCUT2D eigenvalue weighted by atomic mass is 35.5. The smallest absolute Gasteiger partial charge is 0.123 e. The molecule has 4 heteroatoms. The van der Waals surface area contributed by atoms with E-state index in [2.05, 4.69) is 18.7 Å². The number of hydrogen-bond donors (Lipinski definition) is 1. The minimum Gasteiger partial charge on any atom is -0.496 e. The molecule has 20 heavy (non-hydrogen) atoms. The summed E-state index contributed by atoms with van der Waals surface area (Å²) < 4.78 is 5.50. The quantitative estimate of drug-likeness (QED) is 0.922. The third-order valence-corrected chi connectivity index (χ3v) is 4.63. The fourth-order valence-corrected chi connectivity index (χ4v) is 3.61. The van der Waals surface area contributed by atoms with Gasteiger partial charge in [-0.1, -0.05) is 18.0 Å². The monoisotopic (exact) mass is 296 g/mol. The topological polar surface area (TPSA) is 38.5 Å². The fraction of sp³-hybridized carbons (Fsp3) is 0.625. The van der Waals surface area contributed by atoms with E-state index in [9.17, 15) is 0 Å². The highest BCUT2D eigenvalue weighted by Gasteiger charge is 2.32. The van der Waals surface area contributed by atoms with Gasteiger partial charge in [0.25, 0.3) is 0 Å². The van der Waals surface area contributed by atoms with Crippen LogP contribution in [0.1, 0.15) is 44.7 Å². The first-order valence-corrected chi connectivity index (χ1v) is 7.77. The van der Waals surface area contributed by atoms with Crippen molar-refractivity contribution in [3.05, 3.63) is 28.8 Å². The van der Waals surface area contributed by atoms with Crippen LogP contribution in [0.25, 0.3) is 0 Å². The van der Waals surface area contributed by atoms with Crippen LogP contribution in [-0.4, -0.2) is 30.6 Å². The van der Waals surface area contributed by atoms with E-state index in [4.69, 9.17) is 22.1 Å². The van der Waals surface area contributed by atoms with Crippen LogP contribution in [0.4, 0.5) is 0 Å². The second kappa shape index (κ2) is 6.79. The van der Waals surface area contributed by atoms with E-state index in [0.717, 1.165) is 16.3 Å². The third kappa shape index (κ3) is 3.11. The maximum atomic E-state index is 6.17. The van der Waals surface area contributed by atoms with E-state index in [-0.39, 0.29) is 6.04 Å². The number of ether oxygens (including phenoxy) is 1. The van der Waals surface area contributed by atoms with E-state index in [1.54, 1.807) is 7.11 Å². The second-order valence-electron chi connectivity index (χ2n) is 5.71. The Balaban J connectivity index is 2.38. The molecule has 112 valence electrons. The molecule has 3 nitrogen and oxygen atoms in total. The lowest BCUT2D eigenvalue weighted by Gasteiger charge is -2.44. The van der Waals surface area contributed by atoms with Gasteiger partial charge in [-0.3, -0.25) is 4.90 Å². The highest BCUT2D eigenvalue weighted by Crippen LogP contribution is 2.36. The van der Waals surface area contributed by atoms with E-state index >= 15 is 0 Å². The van der Waals surface area contributed by atoms with Gasteiger partial charge >= 0.3 is 0 Å². The molecule has 1 aliphatic heterocycles. The number of methoxy groups -OCH3 is 1. The van der Waals surface area contributed by atoms with Crippen molar-refractivity contribution in [3.63, 3.8) is 0 Å². The average molecular weight is 297 g/mol. The number of likely N-dealkylation sites (tertiary alicyclic amines) is 1. The lowest BCUT2D eigenvalue weighted by molar-refractivity contribution is 0.0567. The number of nitrogens with zero attached hydrogens (tertiary/aromatic N) is 1. The Kier molecular flexibility index (Phi) is 5.30. The van der Waals surface area contributed by atoms with Crippen molar-refractivity contribution < 1.29 is 4.74 Å². The van der Waals surface area contributed by atoms with Crippen LogP contribution in [-0.2, 0) is 0 Å². The third-order valence-electron chi connectivity index (χ3n) is 4.40. The van der Waals surface area contributed by atoms with Crippen molar-refractivity contribution in [1.82, 2.24) is 4.90 Å². The fourth-order valence-electron chi connectivity index (χ4n) is 3.43. The van der Waals surface area contributed by atoms with Crippen LogP contribution < -0.4 is 10.5 Å². The molecular formula is C16H25ClN2O. The maximum absolute atomic E-state index is 6.17. The number of halogens is 1. The molecule has 0 radical (unpaired) electrons. The van der Waals surface area contributed by atoms with Crippen molar-refractivity contribution in [1.29, 1.82) is 0 Å². The molecule has 0 aromatic heterocycles. The number of rotatable bonds is 4. The molecule has 2 N–H and O–H groups in total. The Morgan fingerprint density at radius 3 is 2.55 bits per heavy atom. The van der Waals surface area contributed by atoms with Gasteiger partial charge in [0.15, 0.2) is 0 Å². The Bertz CT molecular complexity index is 442. The van der Waals surface area contributed by atoms with Crippen molar-refractivity contribution in [3.8, 4) is 5.75 Å². The molecule has 0 bridgehead atoms. The summed E-state index contributed by atoms with van der Waals surface area (Å²) >= 11 is 6.17. The first kappa shape index (κ1) is 15.6. The van der Waals surface area contributed by atoms with Crippen LogP contribution in [0.2, 0.25) is 5.02 Å². The van der Waals surface area contributed by atoms with E-state index in [0.29, 0.717) is 18.6 Å². The molecule has 3 atom stereocenters. The first-order valence-electron chi connectivity index (χ1n) is 7.39. The number of benzene rings is 1. The molecule has 1 fully saturated rings. The van der Waals surface area contributed by atoms with Crippen molar-refractivity contribution >= 4 is 11.6 Å². The van der Waals surface area contributed by atoms with Gasteiger partial charge in [0, 0.05) is 29.2 Å². The average Bonchev–Trinajstić information content (AvgIpc) is 2.43. The highest BCUT2D eigenvalue weighted by molar-refractivity contribution is 6.30. The van der Waals surface area contributed by atoms with Crippen LogP contribution >= 0.6 is 11.6 Å². The number of hydrogen-bond acceptors (Lipinski definition) is 3. The number of nitrogens with two attached hydrogens (primary N) is 1. The summed E-state index contributed by atoms with van der Waals surface area (Å²) in [5.74, 6) is 0.870. The Labute approximate surface area is 127 Å². The van der Waals surface area contributed by atoms with Crippen molar-refractivity contribution in [2.75, 3.05) is 13.7 Å². The molecule has 1 aromatic carbocycles. The summed E-state index contributed by atoms with van der Waals surface area (Å²) in [7, 11) is 1.70. The van der Waals surface area contributed by atoms with E-state index in [1.165, 1.54) is 19.3 Å². The van der Waals surface area contributed by atoms with Gasteiger partial charge in [0.2, 0.25) is 0 Å². The summed E-state index contributed by atoms with van der Waals surface area (Å²) in [6.07, 6.45) is 3.75. The summed E-state index contributed by atoms with van der Waals surface area (Å²) in [5, 5.41) is 0.733. The van der Waals surface area contributed by atoms with Gasteiger partial charge in [-0.15, -0.1) is 0 Å². The normalized spacial score (nSPS) is 25.4. The Morgan fingerprint density at radius 2 is 2.00 bits per heavy atom. The largest absolute Gasteiger partial charge is 0.496 e. The zero-order valence-corrected chi connectivity index (χ0v) is 13.4. The maximum Gasteiger partial charge on any atom is 0.123 e. The van der Waals surface area contributed by atoms with Crippen molar-refractivity contribution in [2.24, 2.45) is 5.73 Å². The van der Waals surface area contributed by atoms with Crippen LogP contribution in [0, 0.1) is 0 Å². The Morgan fingerprint density at radius 1 is 1.35 bits per heavy atom. The molecule has 3 unspecified atom stereocenters. The van der Waals surface area contributed by atoms with E-state index in [1.807, 2.05) is 18.2 Å². The van der Waals surface area contributed by atoms with Gasteiger partial charge in [-0.25, -0.2) is 0 Å². The number of piperidine rings is 1. The van der Waals surface area contributed by atoms with Gasteiger partial charge in [-0.2, -0.15) is 0 Å². The van der Waals surface area contributed by atoms with Crippen LogP contribution in [0.15, 0.2) is 18.2 Å². The predicted molar refractivity (Wildman–Crippen MR) is 84.4 cm³/mol. The zero-order valence-electron chi connectivity index (χ0n) is 12.6. The molecule has 0 amide bonds. The van der Waals surface area contributed by atoms with Crippen LogP contribution in [0.3, 0.4) is 0 Å². The lowest BCUT2D eigenvalue weighted by Crippen LogP contribution is -2.48. The first-order chi connectivity index (χ1) is 9.58. The Hall–Kier alpha value is -0.770. The summed E-state index contributed by atoms with van der Waals surface area (Å²) in [4.78, 5) is 2.53. The summed E-state index contributed by atoms with van der Waals surface area (Å²) in [6.45, 7) is 5.15. The van der Waals surface area contributed by atoms with Crippen LogP contribution in [0.5, 0.6) is 5.75 Å². The molecule has 0 saturated carbocycles. The van der Waals surface area contributed by atoms with Gasteiger partial charge in [0.05, 0.1) is 13.2 Å².